The Morgan fingerprint density at radius 1 is 1.08 bits per heavy atom. The Labute approximate surface area is 149 Å². The number of rotatable bonds is 4. The normalized spacial score (nSPS) is 10.8. The van der Waals surface area contributed by atoms with Crippen molar-refractivity contribution in [3.8, 4) is 5.75 Å². The van der Waals surface area contributed by atoms with Crippen molar-refractivity contribution in [3.63, 3.8) is 0 Å². The number of esters is 1. The molecule has 2 aromatic carbocycles. The van der Waals surface area contributed by atoms with Crippen LogP contribution in [0, 0.1) is 12.7 Å². The number of nitrogens with zero attached hydrogens (tertiary/aromatic N) is 1. The first-order valence-electron chi connectivity index (χ1n) is 8.02. The molecule has 0 amide bonds. The Kier molecular flexibility index (Phi) is 4.75. The van der Waals surface area contributed by atoms with Gasteiger partial charge in [-0.15, -0.1) is 0 Å². The van der Waals surface area contributed by atoms with Crippen molar-refractivity contribution in [2.45, 2.75) is 13.3 Å². The average Bonchev–Trinajstić information content (AvgIpc) is 2.94. The van der Waals surface area contributed by atoms with Crippen LogP contribution in [0.3, 0.4) is 0 Å². The van der Waals surface area contributed by atoms with E-state index in [4.69, 9.17) is 9.47 Å². The number of halogens is 1. The molecule has 6 heteroatoms. The third-order valence-electron chi connectivity index (χ3n) is 4.39. The quantitative estimate of drug-likeness (QED) is 0.672. The summed E-state index contributed by atoms with van der Waals surface area (Å²) in [6.45, 7) is 1.69. The van der Waals surface area contributed by atoms with Gasteiger partial charge in [0.1, 0.15) is 0 Å². The van der Waals surface area contributed by atoms with Crippen LogP contribution in [-0.4, -0.2) is 30.7 Å². The van der Waals surface area contributed by atoms with E-state index in [0.29, 0.717) is 22.3 Å². The molecule has 0 spiro atoms. The van der Waals surface area contributed by atoms with Crippen LogP contribution in [0.5, 0.6) is 5.75 Å². The molecule has 0 saturated heterocycles. The highest BCUT2D eigenvalue weighted by molar-refractivity contribution is 6.05. The summed E-state index contributed by atoms with van der Waals surface area (Å²) in [4.78, 5) is 24.8. The van der Waals surface area contributed by atoms with Gasteiger partial charge in [-0.2, -0.15) is 0 Å². The Hall–Kier alpha value is -3.15. The van der Waals surface area contributed by atoms with Gasteiger partial charge in [-0.1, -0.05) is 18.2 Å². The highest BCUT2D eigenvalue weighted by atomic mass is 19.1. The van der Waals surface area contributed by atoms with Crippen LogP contribution < -0.4 is 4.74 Å². The monoisotopic (exact) mass is 355 g/mol. The van der Waals surface area contributed by atoms with Gasteiger partial charge in [0.2, 0.25) is 0 Å². The predicted molar refractivity (Wildman–Crippen MR) is 95.1 cm³/mol. The SMILES string of the molecule is COC(=O)Cc1c(C)n(C(=O)c2ccccc2)c2ccc(OC)c(F)c12. The maximum absolute atomic E-state index is 14.9. The van der Waals surface area contributed by atoms with E-state index in [1.54, 1.807) is 37.3 Å². The van der Waals surface area contributed by atoms with Gasteiger partial charge in [-0.3, -0.25) is 14.2 Å². The first-order valence-corrected chi connectivity index (χ1v) is 8.02. The molecule has 0 fully saturated rings. The van der Waals surface area contributed by atoms with E-state index in [1.165, 1.54) is 24.9 Å². The van der Waals surface area contributed by atoms with Gasteiger partial charge in [-0.05, 0) is 36.8 Å². The molecule has 0 aliphatic heterocycles. The first-order chi connectivity index (χ1) is 12.5. The molecule has 134 valence electrons. The van der Waals surface area contributed by atoms with E-state index in [2.05, 4.69) is 0 Å². The maximum atomic E-state index is 14.9. The van der Waals surface area contributed by atoms with Gasteiger partial charge in [0.25, 0.3) is 5.91 Å². The topological polar surface area (TPSA) is 57.5 Å². The van der Waals surface area contributed by atoms with E-state index in [0.717, 1.165) is 0 Å². The summed E-state index contributed by atoms with van der Waals surface area (Å²) in [5.41, 5.74) is 1.75. The van der Waals surface area contributed by atoms with Crippen molar-refractivity contribution in [1.82, 2.24) is 4.57 Å². The van der Waals surface area contributed by atoms with Crippen LogP contribution in [-0.2, 0) is 16.0 Å². The Bertz CT molecular complexity index is 992. The lowest BCUT2D eigenvalue weighted by Crippen LogP contribution is -2.14. The van der Waals surface area contributed by atoms with Gasteiger partial charge in [0.15, 0.2) is 11.6 Å². The smallest absolute Gasteiger partial charge is 0.310 e. The number of carbonyl (C=O) groups is 2. The van der Waals surface area contributed by atoms with E-state index < -0.39 is 11.8 Å². The van der Waals surface area contributed by atoms with Gasteiger partial charge in [0, 0.05) is 16.6 Å². The summed E-state index contributed by atoms with van der Waals surface area (Å²) in [5, 5.41) is 0.191. The molecule has 1 aromatic heterocycles. The lowest BCUT2D eigenvalue weighted by Gasteiger charge is -2.08. The van der Waals surface area contributed by atoms with Crippen LogP contribution in [0.15, 0.2) is 42.5 Å². The molecule has 0 atom stereocenters. The minimum Gasteiger partial charge on any atom is -0.494 e. The fourth-order valence-electron chi connectivity index (χ4n) is 3.08. The van der Waals surface area contributed by atoms with Crippen LogP contribution >= 0.6 is 0 Å². The first kappa shape index (κ1) is 17.7. The molecular formula is C20H18FNO4. The summed E-state index contributed by atoms with van der Waals surface area (Å²) in [5.74, 6) is -1.37. The Morgan fingerprint density at radius 2 is 1.77 bits per heavy atom. The molecule has 0 aliphatic rings. The molecule has 3 rings (SSSR count). The van der Waals surface area contributed by atoms with Gasteiger partial charge in [-0.25, -0.2) is 4.39 Å². The highest BCUT2D eigenvalue weighted by Gasteiger charge is 2.25. The molecule has 0 radical (unpaired) electrons. The Balaban J connectivity index is 2.30. The zero-order chi connectivity index (χ0) is 18.8. The lowest BCUT2D eigenvalue weighted by atomic mass is 10.1. The third kappa shape index (κ3) is 2.83. The van der Waals surface area contributed by atoms with Crippen LogP contribution in [0.2, 0.25) is 0 Å². The van der Waals surface area contributed by atoms with Gasteiger partial charge >= 0.3 is 5.97 Å². The number of aromatic nitrogens is 1. The number of hydrogen-bond acceptors (Lipinski definition) is 4. The maximum Gasteiger partial charge on any atom is 0.310 e. The predicted octanol–water partition coefficient (Wildman–Crippen LogP) is 3.50. The molecule has 0 unspecified atom stereocenters. The fraction of sp³-hybridized carbons (Fsp3) is 0.200. The number of fused-ring (bicyclic) bond motifs is 1. The van der Waals surface area contributed by atoms with Crippen molar-refractivity contribution >= 4 is 22.8 Å². The van der Waals surface area contributed by atoms with Gasteiger partial charge in [0.05, 0.1) is 26.2 Å². The number of ether oxygens (including phenoxy) is 2. The molecule has 5 nitrogen and oxygen atoms in total. The second kappa shape index (κ2) is 7.00. The summed E-state index contributed by atoms with van der Waals surface area (Å²) < 4.78 is 26.1. The van der Waals surface area contributed by atoms with E-state index in [-0.39, 0.29) is 23.5 Å². The molecule has 0 N–H and O–H groups in total. The van der Waals surface area contributed by atoms with Crippen molar-refractivity contribution in [2.75, 3.05) is 14.2 Å². The average molecular weight is 355 g/mol. The molecule has 1 heterocycles. The molecular weight excluding hydrogens is 337 g/mol. The molecule has 3 aromatic rings. The van der Waals surface area contributed by atoms with Crippen molar-refractivity contribution in [1.29, 1.82) is 0 Å². The number of methoxy groups -OCH3 is 2. The molecule has 0 saturated carbocycles. The van der Waals surface area contributed by atoms with Crippen molar-refractivity contribution in [2.24, 2.45) is 0 Å². The zero-order valence-corrected chi connectivity index (χ0v) is 14.7. The minimum absolute atomic E-state index is 0.0490. The zero-order valence-electron chi connectivity index (χ0n) is 14.7. The van der Waals surface area contributed by atoms with Gasteiger partial charge < -0.3 is 9.47 Å². The largest absolute Gasteiger partial charge is 0.494 e. The second-order valence-electron chi connectivity index (χ2n) is 5.80. The van der Waals surface area contributed by atoms with Crippen LogP contribution in [0.4, 0.5) is 4.39 Å². The van der Waals surface area contributed by atoms with E-state index in [1.807, 2.05) is 6.07 Å². The Morgan fingerprint density at radius 3 is 2.38 bits per heavy atom. The molecule has 0 aliphatic carbocycles. The summed E-state index contributed by atoms with van der Waals surface area (Å²) in [6, 6.07) is 11.8. The lowest BCUT2D eigenvalue weighted by molar-refractivity contribution is -0.139. The van der Waals surface area contributed by atoms with E-state index >= 15 is 0 Å². The summed E-state index contributed by atoms with van der Waals surface area (Å²) in [7, 11) is 2.63. The van der Waals surface area contributed by atoms with Crippen LogP contribution in [0.1, 0.15) is 21.6 Å². The van der Waals surface area contributed by atoms with E-state index in [9.17, 15) is 14.0 Å². The van der Waals surface area contributed by atoms with Crippen molar-refractivity contribution < 1.29 is 23.5 Å². The standard InChI is InChI=1S/C20H18FNO4/c1-12-14(11-17(23)26-3)18-15(9-10-16(25-2)19(18)21)22(12)20(24)13-7-5-4-6-8-13/h4-10H,11H2,1-3H3. The molecule has 0 bridgehead atoms. The van der Waals surface area contributed by atoms with Crippen LogP contribution in [0.25, 0.3) is 10.9 Å². The number of benzene rings is 2. The number of hydrogen-bond donors (Lipinski definition) is 0. The fourth-order valence-corrected chi connectivity index (χ4v) is 3.08. The summed E-state index contributed by atoms with van der Waals surface area (Å²) >= 11 is 0. The summed E-state index contributed by atoms with van der Waals surface area (Å²) in [6.07, 6.45) is -0.141. The number of carbonyl (C=O) groups excluding carboxylic acids is 2. The second-order valence-corrected chi connectivity index (χ2v) is 5.80. The van der Waals surface area contributed by atoms with Crippen molar-refractivity contribution in [3.05, 3.63) is 65.1 Å². The molecule has 26 heavy (non-hydrogen) atoms. The third-order valence-corrected chi connectivity index (χ3v) is 4.39. The minimum atomic E-state index is -0.605. The highest BCUT2D eigenvalue weighted by Crippen LogP contribution is 2.34.